The van der Waals surface area contributed by atoms with Crippen LogP contribution >= 0.6 is 0 Å². The smallest absolute Gasteiger partial charge is 0.194 e. The fourth-order valence-electron chi connectivity index (χ4n) is 3.11. The van der Waals surface area contributed by atoms with Gasteiger partial charge in [-0.15, -0.1) is 10.2 Å². The third-order valence-electron chi connectivity index (χ3n) is 5.22. The van der Waals surface area contributed by atoms with Crippen molar-refractivity contribution in [2.45, 2.75) is 58.0 Å². The summed E-state index contributed by atoms with van der Waals surface area (Å²) in [7, 11) is 4.07. The van der Waals surface area contributed by atoms with Crippen molar-refractivity contribution in [3.8, 4) is 0 Å². The number of ether oxygens (including phenoxy) is 1. The number of aromatic nitrogens is 3. The molecule has 7 heteroatoms. The minimum atomic E-state index is 0.537. The average molecular weight is 348 g/mol. The highest BCUT2D eigenvalue weighted by atomic mass is 16.5. The molecule has 0 spiro atoms. The van der Waals surface area contributed by atoms with Gasteiger partial charge < -0.3 is 19.5 Å². The number of hydrogen-bond acceptors (Lipinski definition) is 4. The number of guanidine groups is 1. The number of aliphatic imine (C=N–C) groups is 1. The SMILES string of the molecule is Cc1nnc(CN=C(NC2CCCC2)N(C)CCOCC2CC2)n1C. The second-order valence-electron chi connectivity index (χ2n) is 7.43. The molecule has 25 heavy (non-hydrogen) atoms. The summed E-state index contributed by atoms with van der Waals surface area (Å²) < 4.78 is 7.78. The number of likely N-dealkylation sites (N-methyl/N-ethyl adjacent to an activating group) is 1. The predicted molar refractivity (Wildman–Crippen MR) is 98.4 cm³/mol. The molecule has 0 saturated heterocycles. The molecule has 1 N–H and O–H groups in total. The summed E-state index contributed by atoms with van der Waals surface area (Å²) in [6, 6.07) is 0.537. The summed E-state index contributed by atoms with van der Waals surface area (Å²) in [5.41, 5.74) is 0. The lowest BCUT2D eigenvalue weighted by Gasteiger charge is -2.25. The minimum Gasteiger partial charge on any atom is -0.379 e. The molecular formula is C18H32N6O. The van der Waals surface area contributed by atoms with Gasteiger partial charge in [0.05, 0.1) is 6.61 Å². The topological polar surface area (TPSA) is 67.6 Å². The largest absolute Gasteiger partial charge is 0.379 e. The molecule has 2 fully saturated rings. The van der Waals surface area contributed by atoms with Gasteiger partial charge in [-0.2, -0.15) is 0 Å². The molecule has 0 radical (unpaired) electrons. The van der Waals surface area contributed by atoms with Crippen LogP contribution in [0.1, 0.15) is 50.2 Å². The summed E-state index contributed by atoms with van der Waals surface area (Å²) in [4.78, 5) is 6.99. The summed E-state index contributed by atoms with van der Waals surface area (Å²) in [6.07, 6.45) is 7.75. The van der Waals surface area contributed by atoms with Gasteiger partial charge in [-0.05, 0) is 38.5 Å². The minimum absolute atomic E-state index is 0.537. The first-order chi connectivity index (χ1) is 12.1. The number of nitrogens with one attached hydrogen (secondary N) is 1. The van der Waals surface area contributed by atoms with Gasteiger partial charge in [0.15, 0.2) is 11.8 Å². The zero-order valence-electron chi connectivity index (χ0n) is 15.9. The van der Waals surface area contributed by atoms with Crippen molar-refractivity contribution in [2.24, 2.45) is 18.0 Å². The lowest BCUT2D eigenvalue weighted by Crippen LogP contribution is -2.44. The molecule has 0 amide bonds. The van der Waals surface area contributed by atoms with Gasteiger partial charge in [0.1, 0.15) is 12.4 Å². The van der Waals surface area contributed by atoms with Crippen LogP contribution in [0.3, 0.4) is 0 Å². The van der Waals surface area contributed by atoms with E-state index in [1.165, 1.54) is 38.5 Å². The van der Waals surface area contributed by atoms with Crippen molar-refractivity contribution in [2.75, 3.05) is 26.8 Å². The number of aryl methyl sites for hydroxylation is 1. The maximum Gasteiger partial charge on any atom is 0.194 e. The molecule has 2 aliphatic rings. The number of rotatable bonds is 8. The molecule has 1 heterocycles. The first-order valence-corrected chi connectivity index (χ1v) is 9.58. The zero-order chi connectivity index (χ0) is 17.6. The monoisotopic (exact) mass is 348 g/mol. The zero-order valence-corrected chi connectivity index (χ0v) is 15.9. The van der Waals surface area contributed by atoms with Crippen molar-refractivity contribution in [3.63, 3.8) is 0 Å². The molecule has 0 aromatic carbocycles. The summed E-state index contributed by atoms with van der Waals surface area (Å²) >= 11 is 0. The van der Waals surface area contributed by atoms with Crippen molar-refractivity contribution in [1.29, 1.82) is 0 Å². The summed E-state index contributed by atoms with van der Waals surface area (Å²) in [5, 5.41) is 12.0. The second-order valence-corrected chi connectivity index (χ2v) is 7.43. The number of hydrogen-bond donors (Lipinski definition) is 1. The molecule has 140 valence electrons. The molecule has 1 aromatic heterocycles. The molecule has 0 atom stereocenters. The van der Waals surface area contributed by atoms with E-state index in [-0.39, 0.29) is 0 Å². The van der Waals surface area contributed by atoms with Crippen LogP contribution in [0.15, 0.2) is 4.99 Å². The maximum absolute atomic E-state index is 5.78. The molecule has 2 aliphatic carbocycles. The Morgan fingerprint density at radius 1 is 1.28 bits per heavy atom. The molecule has 7 nitrogen and oxygen atoms in total. The molecule has 3 rings (SSSR count). The van der Waals surface area contributed by atoms with Gasteiger partial charge in [-0.3, -0.25) is 0 Å². The Hall–Kier alpha value is -1.63. The Kier molecular flexibility index (Phi) is 6.29. The van der Waals surface area contributed by atoms with E-state index in [1.54, 1.807) is 0 Å². The highest BCUT2D eigenvalue weighted by Gasteiger charge is 2.21. The normalized spacial score (nSPS) is 18.8. The molecule has 0 aliphatic heterocycles. The highest BCUT2D eigenvalue weighted by molar-refractivity contribution is 5.80. The third kappa shape index (κ3) is 5.42. The van der Waals surface area contributed by atoms with Crippen molar-refractivity contribution >= 4 is 5.96 Å². The Balaban J connectivity index is 1.56. The van der Waals surface area contributed by atoms with Crippen LogP contribution in [0.5, 0.6) is 0 Å². The lowest BCUT2D eigenvalue weighted by molar-refractivity contribution is 0.115. The van der Waals surface area contributed by atoms with Crippen LogP contribution in [0.4, 0.5) is 0 Å². The van der Waals surface area contributed by atoms with E-state index in [9.17, 15) is 0 Å². The van der Waals surface area contributed by atoms with Gasteiger partial charge in [-0.1, -0.05) is 12.8 Å². The fraction of sp³-hybridized carbons (Fsp3) is 0.833. The van der Waals surface area contributed by atoms with Gasteiger partial charge in [0.25, 0.3) is 0 Å². The van der Waals surface area contributed by atoms with E-state index in [0.29, 0.717) is 12.6 Å². The maximum atomic E-state index is 5.78. The van der Waals surface area contributed by atoms with Gasteiger partial charge in [0, 0.05) is 33.3 Å². The van der Waals surface area contributed by atoms with Crippen LogP contribution in [-0.2, 0) is 18.3 Å². The van der Waals surface area contributed by atoms with Gasteiger partial charge in [-0.25, -0.2) is 4.99 Å². The van der Waals surface area contributed by atoms with Crippen LogP contribution in [0.2, 0.25) is 0 Å². The van der Waals surface area contributed by atoms with Crippen molar-refractivity contribution in [1.82, 2.24) is 25.0 Å². The van der Waals surface area contributed by atoms with Gasteiger partial charge in [0.2, 0.25) is 0 Å². The average Bonchev–Trinajstić information content (AvgIpc) is 3.19. The predicted octanol–water partition coefficient (Wildman–Crippen LogP) is 1.87. The molecule has 0 unspecified atom stereocenters. The Bertz CT molecular complexity index is 574. The van der Waals surface area contributed by atoms with E-state index >= 15 is 0 Å². The van der Waals surface area contributed by atoms with E-state index in [1.807, 2.05) is 18.5 Å². The summed E-state index contributed by atoms with van der Waals surface area (Å²) in [6.45, 7) is 5.01. The van der Waals surface area contributed by atoms with Crippen LogP contribution in [-0.4, -0.2) is 58.5 Å². The van der Waals surface area contributed by atoms with E-state index in [2.05, 4.69) is 27.5 Å². The Morgan fingerprint density at radius 3 is 2.68 bits per heavy atom. The first kappa shape index (κ1) is 18.2. The third-order valence-corrected chi connectivity index (χ3v) is 5.22. The van der Waals surface area contributed by atoms with Gasteiger partial charge >= 0.3 is 0 Å². The van der Waals surface area contributed by atoms with Crippen molar-refractivity contribution in [3.05, 3.63) is 11.6 Å². The Labute approximate surface area is 150 Å². The van der Waals surface area contributed by atoms with E-state index in [0.717, 1.165) is 43.3 Å². The number of nitrogens with zero attached hydrogens (tertiary/aromatic N) is 5. The van der Waals surface area contributed by atoms with Crippen LogP contribution in [0.25, 0.3) is 0 Å². The summed E-state index contributed by atoms with van der Waals surface area (Å²) in [5.74, 6) is 3.57. The molecule has 0 bridgehead atoms. The van der Waals surface area contributed by atoms with E-state index in [4.69, 9.17) is 9.73 Å². The lowest BCUT2D eigenvalue weighted by atomic mass is 10.2. The Morgan fingerprint density at radius 2 is 2.04 bits per heavy atom. The fourth-order valence-corrected chi connectivity index (χ4v) is 3.11. The van der Waals surface area contributed by atoms with E-state index < -0.39 is 0 Å². The second kappa shape index (κ2) is 8.65. The quantitative estimate of drug-likeness (QED) is 0.441. The van der Waals surface area contributed by atoms with Crippen molar-refractivity contribution < 1.29 is 4.74 Å². The van der Waals surface area contributed by atoms with Crippen LogP contribution < -0.4 is 5.32 Å². The molecule has 2 saturated carbocycles. The molecule has 1 aromatic rings. The highest BCUT2D eigenvalue weighted by Crippen LogP contribution is 2.28. The van der Waals surface area contributed by atoms with Crippen LogP contribution in [0, 0.1) is 12.8 Å². The standard InChI is InChI=1S/C18H32N6O/c1-14-21-22-17(24(14)3)12-19-18(20-16-6-4-5-7-16)23(2)10-11-25-13-15-8-9-15/h15-16H,4-13H2,1-3H3,(H,19,20). The molecular weight excluding hydrogens is 316 g/mol. The first-order valence-electron chi connectivity index (χ1n) is 9.58.